The maximum atomic E-state index is 13.5. The van der Waals surface area contributed by atoms with Crippen LogP contribution < -0.4 is 0 Å². The van der Waals surface area contributed by atoms with Crippen LogP contribution >= 0.6 is 0 Å². The van der Waals surface area contributed by atoms with Gasteiger partial charge in [0.15, 0.2) is 0 Å². The van der Waals surface area contributed by atoms with Crippen molar-refractivity contribution >= 4 is 11.9 Å². The molecule has 19 heavy (non-hydrogen) atoms. The molecule has 102 valence electrons. The van der Waals surface area contributed by atoms with Crippen molar-refractivity contribution in [2.24, 2.45) is 0 Å². The van der Waals surface area contributed by atoms with E-state index in [9.17, 15) is 23.5 Å². The number of aliphatic carboxylic acids is 1. The molecule has 7 heteroatoms. The number of hydrogen-bond acceptors (Lipinski definition) is 3. The lowest BCUT2D eigenvalue weighted by Gasteiger charge is -2.21. The van der Waals surface area contributed by atoms with Crippen LogP contribution in [0.3, 0.4) is 0 Å². The Balaban J connectivity index is 2.36. The van der Waals surface area contributed by atoms with Gasteiger partial charge in [-0.3, -0.25) is 4.79 Å². The summed E-state index contributed by atoms with van der Waals surface area (Å²) in [6.07, 6.45) is -1.17. The van der Waals surface area contributed by atoms with Crippen molar-refractivity contribution in [3.8, 4) is 0 Å². The Hall–Kier alpha value is -2.02. The van der Waals surface area contributed by atoms with E-state index in [-0.39, 0.29) is 13.0 Å². The summed E-state index contributed by atoms with van der Waals surface area (Å²) in [7, 11) is 0. The minimum atomic E-state index is -1.32. The fourth-order valence-corrected chi connectivity index (χ4v) is 2.12. The Kier molecular flexibility index (Phi) is 3.48. The lowest BCUT2D eigenvalue weighted by Crippen LogP contribution is -2.41. The molecule has 1 aromatic carbocycles. The largest absolute Gasteiger partial charge is 0.480 e. The molecule has 1 aliphatic heterocycles. The van der Waals surface area contributed by atoms with Crippen LogP contribution in [-0.2, 0) is 4.79 Å². The highest BCUT2D eigenvalue weighted by molar-refractivity contribution is 5.97. The number of hydrogen-bond donors (Lipinski definition) is 2. The van der Waals surface area contributed by atoms with E-state index in [0.717, 1.165) is 23.1 Å². The van der Waals surface area contributed by atoms with E-state index < -0.39 is 41.2 Å². The van der Waals surface area contributed by atoms with Crippen molar-refractivity contribution in [3.05, 3.63) is 35.4 Å². The summed E-state index contributed by atoms with van der Waals surface area (Å²) in [4.78, 5) is 23.8. The van der Waals surface area contributed by atoms with Gasteiger partial charge in [-0.25, -0.2) is 13.6 Å². The maximum Gasteiger partial charge on any atom is 0.326 e. The second-order valence-corrected chi connectivity index (χ2v) is 4.30. The number of benzene rings is 1. The Morgan fingerprint density at radius 1 is 1.26 bits per heavy atom. The first-order valence-electron chi connectivity index (χ1n) is 5.57. The second-order valence-electron chi connectivity index (χ2n) is 4.30. The SMILES string of the molecule is O=C(O)[C@@H]1CC(O)CN1C(=O)c1c(F)cccc1F. The number of rotatable bonds is 2. The lowest BCUT2D eigenvalue weighted by molar-refractivity contribution is -0.141. The number of aliphatic hydroxyl groups is 1. The van der Waals surface area contributed by atoms with E-state index in [1.54, 1.807) is 0 Å². The van der Waals surface area contributed by atoms with Gasteiger partial charge < -0.3 is 15.1 Å². The first kappa shape index (κ1) is 13.4. The molecule has 5 nitrogen and oxygen atoms in total. The summed E-state index contributed by atoms with van der Waals surface area (Å²) in [5.74, 6) is -4.51. The predicted molar refractivity (Wildman–Crippen MR) is 59.4 cm³/mol. The Morgan fingerprint density at radius 2 is 1.84 bits per heavy atom. The first-order valence-corrected chi connectivity index (χ1v) is 5.57. The van der Waals surface area contributed by atoms with Crippen LogP contribution in [0.25, 0.3) is 0 Å². The third-order valence-corrected chi connectivity index (χ3v) is 3.00. The average Bonchev–Trinajstić information content (AvgIpc) is 2.71. The highest BCUT2D eigenvalue weighted by Crippen LogP contribution is 2.23. The van der Waals surface area contributed by atoms with Gasteiger partial charge in [-0.1, -0.05) is 6.07 Å². The van der Waals surface area contributed by atoms with Crippen molar-refractivity contribution in [3.63, 3.8) is 0 Å². The van der Waals surface area contributed by atoms with Gasteiger partial charge in [-0.2, -0.15) is 0 Å². The minimum Gasteiger partial charge on any atom is -0.480 e. The molecule has 1 aromatic rings. The van der Waals surface area contributed by atoms with Crippen LogP contribution in [-0.4, -0.2) is 45.7 Å². The van der Waals surface area contributed by atoms with Crippen molar-refractivity contribution in [2.45, 2.75) is 18.6 Å². The Morgan fingerprint density at radius 3 is 2.37 bits per heavy atom. The zero-order valence-corrected chi connectivity index (χ0v) is 9.72. The van der Waals surface area contributed by atoms with E-state index in [1.165, 1.54) is 0 Å². The maximum absolute atomic E-state index is 13.5. The Bertz CT molecular complexity index is 514. The van der Waals surface area contributed by atoms with E-state index in [4.69, 9.17) is 5.11 Å². The zero-order valence-electron chi connectivity index (χ0n) is 9.72. The summed E-state index contributed by atoms with van der Waals surface area (Å²) < 4.78 is 27.0. The first-order chi connectivity index (χ1) is 8.91. The number of carboxylic acids is 1. The standard InChI is InChI=1S/C12H11F2NO4/c13-7-2-1-3-8(14)10(7)11(17)15-5-6(16)4-9(15)12(18)19/h1-3,6,9,16H,4-5H2,(H,18,19)/t6?,9-/m0/s1. The third-order valence-electron chi connectivity index (χ3n) is 3.00. The van der Waals surface area contributed by atoms with E-state index in [0.29, 0.717) is 0 Å². The van der Waals surface area contributed by atoms with Gasteiger partial charge in [0, 0.05) is 13.0 Å². The van der Waals surface area contributed by atoms with Crippen molar-refractivity contribution in [1.82, 2.24) is 4.90 Å². The molecule has 2 N–H and O–H groups in total. The minimum absolute atomic E-state index is 0.156. The summed E-state index contributed by atoms with van der Waals surface area (Å²) in [6, 6.07) is 1.66. The van der Waals surface area contributed by atoms with Crippen LogP contribution in [0, 0.1) is 11.6 Å². The highest BCUT2D eigenvalue weighted by Gasteiger charge is 2.40. The van der Waals surface area contributed by atoms with Crippen LogP contribution in [0.15, 0.2) is 18.2 Å². The number of halogens is 2. The van der Waals surface area contributed by atoms with Crippen LogP contribution in [0.4, 0.5) is 8.78 Å². The molecule has 0 aromatic heterocycles. The summed E-state index contributed by atoms with van der Waals surface area (Å²) in [5.41, 5.74) is -0.803. The Labute approximate surface area is 107 Å². The van der Waals surface area contributed by atoms with Crippen molar-refractivity contribution in [2.75, 3.05) is 6.54 Å². The normalized spacial score (nSPS) is 22.6. The molecule has 2 atom stereocenters. The average molecular weight is 271 g/mol. The monoisotopic (exact) mass is 271 g/mol. The number of carbonyl (C=O) groups excluding carboxylic acids is 1. The summed E-state index contributed by atoms with van der Waals surface area (Å²) in [6.45, 7) is -0.260. The fraction of sp³-hybridized carbons (Fsp3) is 0.333. The third kappa shape index (κ3) is 2.41. The quantitative estimate of drug-likeness (QED) is 0.826. The molecule has 1 fully saturated rings. The van der Waals surface area contributed by atoms with Gasteiger partial charge in [0.1, 0.15) is 23.2 Å². The fourth-order valence-electron chi connectivity index (χ4n) is 2.12. The van der Waals surface area contributed by atoms with Crippen molar-refractivity contribution in [1.29, 1.82) is 0 Å². The molecule has 0 radical (unpaired) electrons. The summed E-state index contributed by atoms with van der Waals surface area (Å²) >= 11 is 0. The molecule has 1 saturated heterocycles. The van der Waals surface area contributed by atoms with Gasteiger partial charge in [0.2, 0.25) is 0 Å². The molecular weight excluding hydrogens is 260 g/mol. The molecular formula is C12H11F2NO4. The molecule has 0 spiro atoms. The second kappa shape index (κ2) is 4.93. The topological polar surface area (TPSA) is 77.8 Å². The number of amides is 1. The van der Waals surface area contributed by atoms with Gasteiger partial charge in [-0.05, 0) is 12.1 Å². The van der Waals surface area contributed by atoms with E-state index >= 15 is 0 Å². The molecule has 0 aliphatic carbocycles. The molecule has 0 bridgehead atoms. The van der Waals surface area contributed by atoms with E-state index in [2.05, 4.69) is 0 Å². The molecule has 1 aliphatic rings. The van der Waals surface area contributed by atoms with Gasteiger partial charge >= 0.3 is 5.97 Å². The number of β-amino-alcohol motifs (C(OH)–C–C–N with tert-alkyl or cyclic N) is 1. The number of carbonyl (C=O) groups is 2. The number of nitrogens with zero attached hydrogens (tertiary/aromatic N) is 1. The predicted octanol–water partition coefficient (Wildman–Crippen LogP) is 0.625. The number of carboxylic acid groups (broad SMARTS) is 1. The number of likely N-dealkylation sites (tertiary alicyclic amines) is 1. The van der Waals surface area contributed by atoms with Crippen molar-refractivity contribution < 1.29 is 28.6 Å². The van der Waals surface area contributed by atoms with Crippen LogP contribution in [0.2, 0.25) is 0 Å². The van der Waals surface area contributed by atoms with Gasteiger partial charge in [0.25, 0.3) is 5.91 Å². The zero-order chi connectivity index (χ0) is 14.2. The summed E-state index contributed by atoms with van der Waals surface area (Å²) in [5, 5.41) is 18.4. The van der Waals surface area contributed by atoms with Gasteiger partial charge in [0.05, 0.1) is 6.10 Å². The lowest BCUT2D eigenvalue weighted by atomic mass is 10.1. The van der Waals surface area contributed by atoms with Crippen LogP contribution in [0.5, 0.6) is 0 Å². The smallest absolute Gasteiger partial charge is 0.326 e. The van der Waals surface area contributed by atoms with Gasteiger partial charge in [-0.15, -0.1) is 0 Å². The number of aliphatic hydroxyl groups excluding tert-OH is 1. The highest BCUT2D eigenvalue weighted by atomic mass is 19.1. The molecule has 0 saturated carbocycles. The molecule has 2 rings (SSSR count). The van der Waals surface area contributed by atoms with Crippen LogP contribution in [0.1, 0.15) is 16.8 Å². The van der Waals surface area contributed by atoms with E-state index in [1.807, 2.05) is 0 Å². The molecule has 1 amide bonds. The molecule has 1 unspecified atom stereocenters. The molecule has 1 heterocycles.